The number of piperazine rings is 1. The van der Waals surface area contributed by atoms with Gasteiger partial charge < -0.3 is 19.7 Å². The lowest BCUT2D eigenvalue weighted by Crippen LogP contribution is -2.44. The second kappa shape index (κ2) is 10.6. The number of carbonyl (C=O) groups is 2. The van der Waals surface area contributed by atoms with Gasteiger partial charge in [-0.05, 0) is 49.4 Å². The number of pyridine rings is 1. The molecule has 1 saturated heterocycles. The van der Waals surface area contributed by atoms with E-state index in [2.05, 4.69) is 15.2 Å². The molecule has 1 aromatic heterocycles. The van der Waals surface area contributed by atoms with Gasteiger partial charge in [0.2, 0.25) is 5.91 Å². The van der Waals surface area contributed by atoms with Gasteiger partial charge in [0.15, 0.2) is 5.78 Å². The Kier molecular flexibility index (Phi) is 6.89. The lowest BCUT2D eigenvalue weighted by Gasteiger charge is -2.33. The number of alkyl halides is 3. The van der Waals surface area contributed by atoms with E-state index >= 15 is 0 Å². The molecule has 4 aliphatic rings. The molecule has 3 atom stereocenters. The van der Waals surface area contributed by atoms with Crippen LogP contribution in [0.1, 0.15) is 51.4 Å². The quantitative estimate of drug-likeness (QED) is 0.374. The second-order valence-electron chi connectivity index (χ2n) is 11.8. The van der Waals surface area contributed by atoms with Crippen molar-refractivity contribution in [1.29, 1.82) is 0 Å². The normalized spacial score (nSPS) is 23.1. The Hall–Kier alpha value is -3.96. The van der Waals surface area contributed by atoms with E-state index in [1.54, 1.807) is 18.3 Å². The fraction of sp³-hybridized carbons (Fsp3) is 0.406. The van der Waals surface area contributed by atoms with Gasteiger partial charge in [-0.2, -0.15) is 13.2 Å². The van der Waals surface area contributed by atoms with Crippen LogP contribution in [0.2, 0.25) is 0 Å². The molecule has 1 amide bonds. The number of nitrogens with zero attached hydrogens (tertiary/aromatic N) is 3. The van der Waals surface area contributed by atoms with Crippen LogP contribution in [0, 0.1) is 5.92 Å². The zero-order valence-electron chi connectivity index (χ0n) is 23.6. The van der Waals surface area contributed by atoms with Crippen molar-refractivity contribution >= 4 is 17.5 Å². The summed E-state index contributed by atoms with van der Waals surface area (Å²) in [4.78, 5) is 33.4. The van der Waals surface area contributed by atoms with Crippen LogP contribution >= 0.6 is 0 Å². The molecule has 1 N–H and O–H groups in total. The van der Waals surface area contributed by atoms with Crippen molar-refractivity contribution in [2.75, 3.05) is 38.5 Å². The molecule has 2 aromatic carbocycles. The largest absolute Gasteiger partial charge is 0.489 e. The van der Waals surface area contributed by atoms with Crippen molar-refractivity contribution in [2.45, 2.75) is 44.0 Å². The highest BCUT2D eigenvalue weighted by atomic mass is 19.4. The van der Waals surface area contributed by atoms with Gasteiger partial charge in [-0.1, -0.05) is 12.1 Å². The molecular formula is C32H31F3N4O4. The molecule has 7 rings (SSSR count). The highest BCUT2D eigenvalue weighted by Gasteiger charge is 2.59. The lowest BCUT2D eigenvalue weighted by molar-refractivity contribution is -0.138. The van der Waals surface area contributed by atoms with Crippen LogP contribution in [-0.4, -0.2) is 65.8 Å². The zero-order valence-corrected chi connectivity index (χ0v) is 23.6. The molecule has 4 heterocycles. The standard InChI is InChI=1S/C32H31F3N4O4/c1-38-10-12-39(13-11-38)17-19-3-2-18(14-24(19)32(33,34)35)25(40)16-23-29-22-15-20(4-6-26(22)43-30(23)29)42-27-8-9-36-31-21(27)5-7-28(41)37-31/h2-4,6,8-9,14-15,23,29-30H,5,7,10-13,16-17H2,1H3,(H,36,37,41). The van der Waals surface area contributed by atoms with E-state index in [0.29, 0.717) is 43.2 Å². The van der Waals surface area contributed by atoms with Crippen molar-refractivity contribution < 1.29 is 32.2 Å². The van der Waals surface area contributed by atoms with Gasteiger partial charge in [-0.3, -0.25) is 14.5 Å². The van der Waals surface area contributed by atoms with E-state index in [-0.39, 0.29) is 53.7 Å². The average Bonchev–Trinajstić information content (AvgIpc) is 3.49. The Morgan fingerprint density at radius 1 is 1.09 bits per heavy atom. The molecule has 1 aliphatic carbocycles. The number of carbonyl (C=O) groups excluding carboxylic acids is 2. The summed E-state index contributed by atoms with van der Waals surface area (Å²) in [5, 5.41) is 2.77. The zero-order chi connectivity index (χ0) is 29.9. The molecule has 0 radical (unpaired) electrons. The van der Waals surface area contributed by atoms with Crippen LogP contribution in [0.25, 0.3) is 0 Å². The number of ether oxygens (including phenoxy) is 2. The molecule has 0 spiro atoms. The number of Topliss-reactive ketones (excluding diaryl/α,β-unsaturated/α-hetero) is 1. The van der Waals surface area contributed by atoms with E-state index < -0.39 is 11.7 Å². The first kappa shape index (κ1) is 27.8. The van der Waals surface area contributed by atoms with Crippen molar-refractivity contribution in [3.8, 4) is 17.2 Å². The van der Waals surface area contributed by atoms with Crippen LogP contribution in [0.4, 0.5) is 19.0 Å². The Bertz CT molecular complexity index is 1600. The van der Waals surface area contributed by atoms with E-state index in [0.717, 1.165) is 36.0 Å². The highest BCUT2D eigenvalue weighted by Crippen LogP contribution is 2.60. The van der Waals surface area contributed by atoms with Crippen molar-refractivity contribution in [1.82, 2.24) is 14.8 Å². The molecule has 2 fully saturated rings. The Morgan fingerprint density at radius 3 is 2.70 bits per heavy atom. The van der Waals surface area contributed by atoms with Crippen molar-refractivity contribution in [3.63, 3.8) is 0 Å². The number of amides is 1. The summed E-state index contributed by atoms with van der Waals surface area (Å²) in [7, 11) is 2.00. The molecule has 3 aliphatic heterocycles. The van der Waals surface area contributed by atoms with Crippen LogP contribution in [0.15, 0.2) is 48.7 Å². The number of ketones is 1. The van der Waals surface area contributed by atoms with Crippen LogP contribution in [0.3, 0.4) is 0 Å². The predicted octanol–water partition coefficient (Wildman–Crippen LogP) is 5.27. The van der Waals surface area contributed by atoms with Gasteiger partial charge in [-0.15, -0.1) is 0 Å². The number of hydrogen-bond acceptors (Lipinski definition) is 7. The molecule has 1 saturated carbocycles. The lowest BCUT2D eigenvalue weighted by atomic mass is 9.97. The first-order chi connectivity index (χ1) is 20.6. The van der Waals surface area contributed by atoms with Crippen LogP contribution in [0.5, 0.6) is 17.2 Å². The Morgan fingerprint density at radius 2 is 1.91 bits per heavy atom. The number of benzene rings is 2. The minimum absolute atomic E-state index is 0.0215. The number of anilines is 1. The molecule has 8 nitrogen and oxygen atoms in total. The van der Waals surface area contributed by atoms with E-state index in [1.165, 1.54) is 12.1 Å². The van der Waals surface area contributed by atoms with Gasteiger partial charge in [0.1, 0.15) is 29.2 Å². The van der Waals surface area contributed by atoms with Crippen molar-refractivity contribution in [3.05, 3.63) is 76.5 Å². The molecule has 0 bridgehead atoms. The van der Waals surface area contributed by atoms with E-state index in [4.69, 9.17) is 9.47 Å². The predicted molar refractivity (Wildman–Crippen MR) is 152 cm³/mol. The maximum Gasteiger partial charge on any atom is 0.416 e. The third-order valence-corrected chi connectivity index (χ3v) is 8.95. The maximum absolute atomic E-state index is 14.0. The fourth-order valence-corrected chi connectivity index (χ4v) is 6.47. The third-order valence-electron chi connectivity index (χ3n) is 8.95. The number of nitrogens with one attached hydrogen (secondary N) is 1. The molecular weight excluding hydrogens is 561 g/mol. The number of fused-ring (bicyclic) bond motifs is 4. The van der Waals surface area contributed by atoms with Crippen molar-refractivity contribution in [2.24, 2.45) is 5.92 Å². The number of hydrogen-bond donors (Lipinski definition) is 1. The minimum Gasteiger partial charge on any atom is -0.489 e. The van der Waals surface area contributed by atoms with E-state index in [1.807, 2.05) is 24.1 Å². The smallest absolute Gasteiger partial charge is 0.416 e. The van der Waals surface area contributed by atoms with Gasteiger partial charge >= 0.3 is 6.18 Å². The second-order valence-corrected chi connectivity index (χ2v) is 11.8. The molecule has 3 aromatic rings. The summed E-state index contributed by atoms with van der Waals surface area (Å²) in [5.74, 6) is 1.89. The van der Waals surface area contributed by atoms with Gasteiger partial charge in [-0.25, -0.2) is 4.98 Å². The third kappa shape index (κ3) is 5.47. The van der Waals surface area contributed by atoms with E-state index in [9.17, 15) is 22.8 Å². The van der Waals surface area contributed by atoms with Gasteiger partial charge in [0.25, 0.3) is 0 Å². The van der Waals surface area contributed by atoms with Gasteiger partial charge in [0.05, 0.1) is 5.56 Å². The Balaban J connectivity index is 1.04. The summed E-state index contributed by atoms with van der Waals surface area (Å²) in [5.41, 5.74) is 1.29. The number of rotatable bonds is 7. The molecule has 43 heavy (non-hydrogen) atoms. The maximum atomic E-state index is 14.0. The number of aromatic nitrogens is 1. The monoisotopic (exact) mass is 592 g/mol. The summed E-state index contributed by atoms with van der Waals surface area (Å²) in [6.45, 7) is 3.24. The first-order valence-electron chi connectivity index (χ1n) is 14.5. The summed E-state index contributed by atoms with van der Waals surface area (Å²) in [6.07, 6.45) is -2.16. The average molecular weight is 593 g/mol. The minimum atomic E-state index is -4.55. The van der Waals surface area contributed by atoms with Crippen LogP contribution < -0.4 is 14.8 Å². The fourth-order valence-electron chi connectivity index (χ4n) is 6.47. The summed E-state index contributed by atoms with van der Waals surface area (Å²) < 4.78 is 54.4. The molecule has 11 heteroatoms. The first-order valence-corrected chi connectivity index (χ1v) is 14.5. The highest BCUT2D eigenvalue weighted by molar-refractivity contribution is 5.97. The molecule has 3 unspecified atom stereocenters. The SMILES string of the molecule is CN1CCN(Cc2ccc(C(=O)CC3C4Oc5ccc(Oc6ccnc7c6CCC(=O)N7)cc5C34)cc2C(F)(F)F)CC1. The topological polar surface area (TPSA) is 84.0 Å². The summed E-state index contributed by atoms with van der Waals surface area (Å²) >= 11 is 0. The number of halogens is 3. The van der Waals surface area contributed by atoms with Crippen LogP contribution in [-0.2, 0) is 23.9 Å². The number of likely N-dealkylation sites (N-methyl/N-ethyl adjacent to an activating group) is 1. The Labute approximate surface area is 246 Å². The summed E-state index contributed by atoms with van der Waals surface area (Å²) in [6, 6.07) is 11.3. The van der Waals surface area contributed by atoms with Gasteiger partial charge in [0, 0.05) is 80.3 Å². The molecule has 224 valence electrons.